The molecule has 4 heteroatoms. The molecular weight excluding hydrogens is 280 g/mol. The molecule has 0 spiro atoms. The Morgan fingerprint density at radius 1 is 1.33 bits per heavy atom. The fourth-order valence-corrected chi connectivity index (χ4v) is 3.65. The smallest absolute Gasteiger partial charge is 0.107 e. The van der Waals surface area contributed by atoms with Crippen LogP contribution in [-0.2, 0) is 11.3 Å². The van der Waals surface area contributed by atoms with Crippen molar-refractivity contribution in [2.75, 3.05) is 13.2 Å². The largest absolute Gasteiger partial charge is 0.378 e. The normalized spacial score (nSPS) is 21.8. The molecule has 1 aliphatic heterocycles. The molecule has 2 atom stereocenters. The Morgan fingerprint density at radius 3 is 3.00 bits per heavy atom. The average molecular weight is 302 g/mol. The molecular formula is C17H22N2OS. The van der Waals surface area contributed by atoms with Crippen molar-refractivity contribution in [3.63, 3.8) is 0 Å². The molecule has 0 amide bonds. The summed E-state index contributed by atoms with van der Waals surface area (Å²) in [4.78, 5) is 4.71. The summed E-state index contributed by atoms with van der Waals surface area (Å²) in [6, 6.07) is 10.4. The number of rotatable bonds is 6. The molecule has 0 radical (unpaired) electrons. The Hall–Kier alpha value is -1.23. The van der Waals surface area contributed by atoms with E-state index in [1.807, 2.05) is 6.07 Å². The van der Waals surface area contributed by atoms with Crippen LogP contribution in [0, 0.1) is 5.92 Å². The van der Waals surface area contributed by atoms with Crippen LogP contribution in [0.15, 0.2) is 35.7 Å². The second-order valence-corrected chi connectivity index (χ2v) is 6.43. The van der Waals surface area contributed by atoms with Gasteiger partial charge in [0.15, 0.2) is 0 Å². The molecule has 0 bridgehead atoms. The summed E-state index contributed by atoms with van der Waals surface area (Å²) in [5.41, 5.74) is 2.27. The van der Waals surface area contributed by atoms with Crippen LogP contribution in [0.3, 0.4) is 0 Å². The first-order chi connectivity index (χ1) is 10.4. The second-order valence-electron chi connectivity index (χ2n) is 5.49. The van der Waals surface area contributed by atoms with Gasteiger partial charge in [0.25, 0.3) is 0 Å². The third kappa shape index (κ3) is 3.70. The van der Waals surface area contributed by atoms with Gasteiger partial charge in [-0.2, -0.15) is 0 Å². The summed E-state index contributed by atoms with van der Waals surface area (Å²) in [5.74, 6) is 0.656. The Kier molecular flexibility index (Phi) is 5.01. The first-order valence-corrected chi connectivity index (χ1v) is 8.57. The van der Waals surface area contributed by atoms with Crippen molar-refractivity contribution < 1.29 is 4.74 Å². The Labute approximate surface area is 130 Å². The SMILES string of the molecule is CCC1OCCC1CNCc1nc(-c2ccccc2)cs1. The van der Waals surface area contributed by atoms with Gasteiger partial charge in [0.2, 0.25) is 0 Å². The van der Waals surface area contributed by atoms with E-state index in [1.54, 1.807) is 11.3 Å². The topological polar surface area (TPSA) is 34.1 Å². The maximum Gasteiger partial charge on any atom is 0.107 e. The molecule has 0 aliphatic carbocycles. The van der Waals surface area contributed by atoms with E-state index in [9.17, 15) is 0 Å². The summed E-state index contributed by atoms with van der Waals surface area (Å²) < 4.78 is 5.73. The molecule has 2 aromatic rings. The van der Waals surface area contributed by atoms with Crippen molar-refractivity contribution in [3.8, 4) is 11.3 Å². The molecule has 1 saturated heterocycles. The maximum absolute atomic E-state index is 5.73. The molecule has 3 nitrogen and oxygen atoms in total. The highest BCUT2D eigenvalue weighted by Gasteiger charge is 2.26. The first-order valence-electron chi connectivity index (χ1n) is 7.69. The van der Waals surface area contributed by atoms with E-state index in [1.165, 1.54) is 12.0 Å². The number of hydrogen-bond donors (Lipinski definition) is 1. The Balaban J connectivity index is 1.51. The minimum atomic E-state index is 0.439. The summed E-state index contributed by atoms with van der Waals surface area (Å²) in [6.07, 6.45) is 2.73. The molecule has 1 aromatic heterocycles. The van der Waals surface area contributed by atoms with Crippen LogP contribution in [0.4, 0.5) is 0 Å². The first kappa shape index (κ1) is 14.7. The average Bonchev–Trinajstić information content (AvgIpc) is 3.17. The number of aromatic nitrogens is 1. The molecule has 2 heterocycles. The fourth-order valence-electron chi connectivity index (χ4n) is 2.88. The zero-order valence-electron chi connectivity index (χ0n) is 12.4. The highest BCUT2D eigenvalue weighted by Crippen LogP contribution is 2.23. The zero-order valence-corrected chi connectivity index (χ0v) is 13.2. The van der Waals surface area contributed by atoms with E-state index in [0.717, 1.165) is 36.8 Å². The summed E-state index contributed by atoms with van der Waals surface area (Å²) in [7, 11) is 0. The van der Waals surface area contributed by atoms with Crippen molar-refractivity contribution in [2.24, 2.45) is 5.92 Å². The van der Waals surface area contributed by atoms with E-state index in [0.29, 0.717) is 12.0 Å². The van der Waals surface area contributed by atoms with Crippen LogP contribution in [0.2, 0.25) is 0 Å². The molecule has 1 aromatic carbocycles. The van der Waals surface area contributed by atoms with Crippen LogP contribution >= 0.6 is 11.3 Å². The van der Waals surface area contributed by atoms with Gasteiger partial charge in [0.05, 0.1) is 11.8 Å². The van der Waals surface area contributed by atoms with Crippen molar-refractivity contribution in [2.45, 2.75) is 32.4 Å². The number of thiazole rings is 1. The van der Waals surface area contributed by atoms with Crippen LogP contribution in [0.25, 0.3) is 11.3 Å². The van der Waals surface area contributed by atoms with E-state index >= 15 is 0 Å². The fraction of sp³-hybridized carbons (Fsp3) is 0.471. The molecule has 21 heavy (non-hydrogen) atoms. The van der Waals surface area contributed by atoms with Crippen molar-refractivity contribution in [1.29, 1.82) is 0 Å². The monoisotopic (exact) mass is 302 g/mol. The highest BCUT2D eigenvalue weighted by molar-refractivity contribution is 7.09. The molecule has 3 rings (SSSR count). The van der Waals surface area contributed by atoms with E-state index in [2.05, 4.69) is 41.9 Å². The third-order valence-electron chi connectivity index (χ3n) is 4.05. The van der Waals surface area contributed by atoms with E-state index < -0.39 is 0 Å². The van der Waals surface area contributed by atoms with Crippen LogP contribution in [-0.4, -0.2) is 24.2 Å². The lowest BCUT2D eigenvalue weighted by molar-refractivity contribution is 0.0872. The van der Waals surface area contributed by atoms with Crippen molar-refractivity contribution in [3.05, 3.63) is 40.7 Å². The molecule has 0 saturated carbocycles. The quantitative estimate of drug-likeness (QED) is 0.883. The summed E-state index contributed by atoms with van der Waals surface area (Å²) in [5, 5.41) is 6.83. The predicted octanol–water partition coefficient (Wildman–Crippen LogP) is 3.71. The van der Waals surface area contributed by atoms with Gasteiger partial charge in [-0.15, -0.1) is 11.3 Å². The van der Waals surface area contributed by atoms with Gasteiger partial charge in [0, 0.05) is 30.6 Å². The molecule has 1 N–H and O–H groups in total. The maximum atomic E-state index is 5.73. The number of ether oxygens (including phenoxy) is 1. The lowest BCUT2D eigenvalue weighted by atomic mass is 10.00. The minimum Gasteiger partial charge on any atom is -0.378 e. The Bertz CT molecular complexity index is 555. The highest BCUT2D eigenvalue weighted by atomic mass is 32.1. The Morgan fingerprint density at radius 2 is 2.19 bits per heavy atom. The van der Waals surface area contributed by atoms with Gasteiger partial charge >= 0.3 is 0 Å². The van der Waals surface area contributed by atoms with Crippen molar-refractivity contribution in [1.82, 2.24) is 10.3 Å². The second kappa shape index (κ2) is 7.16. The molecule has 1 aliphatic rings. The van der Waals surface area contributed by atoms with Gasteiger partial charge in [-0.25, -0.2) is 4.98 Å². The number of benzene rings is 1. The van der Waals surface area contributed by atoms with Gasteiger partial charge in [-0.05, 0) is 18.8 Å². The number of nitrogens with one attached hydrogen (secondary N) is 1. The lowest BCUT2D eigenvalue weighted by Crippen LogP contribution is -2.27. The molecule has 1 fully saturated rings. The van der Waals surface area contributed by atoms with Gasteiger partial charge < -0.3 is 10.1 Å². The zero-order chi connectivity index (χ0) is 14.5. The minimum absolute atomic E-state index is 0.439. The van der Waals surface area contributed by atoms with Gasteiger partial charge in [-0.3, -0.25) is 0 Å². The number of hydrogen-bond acceptors (Lipinski definition) is 4. The molecule has 112 valence electrons. The van der Waals surface area contributed by atoms with Crippen molar-refractivity contribution >= 4 is 11.3 Å². The van der Waals surface area contributed by atoms with Crippen LogP contribution in [0.5, 0.6) is 0 Å². The summed E-state index contributed by atoms with van der Waals surface area (Å²) >= 11 is 1.73. The van der Waals surface area contributed by atoms with E-state index in [4.69, 9.17) is 9.72 Å². The number of nitrogens with zero attached hydrogens (tertiary/aromatic N) is 1. The van der Waals surface area contributed by atoms with Gasteiger partial charge in [0.1, 0.15) is 5.01 Å². The van der Waals surface area contributed by atoms with Crippen LogP contribution in [0.1, 0.15) is 24.8 Å². The summed E-state index contributed by atoms with van der Waals surface area (Å²) in [6.45, 7) is 5.00. The van der Waals surface area contributed by atoms with E-state index in [-0.39, 0.29) is 0 Å². The predicted molar refractivity (Wildman–Crippen MR) is 87.4 cm³/mol. The molecule has 2 unspecified atom stereocenters. The lowest BCUT2D eigenvalue weighted by Gasteiger charge is -2.16. The third-order valence-corrected chi connectivity index (χ3v) is 4.90. The standard InChI is InChI=1S/C17H22N2OS/c1-2-16-14(8-9-20-16)10-18-11-17-19-15(12-21-17)13-6-4-3-5-7-13/h3-7,12,14,16,18H,2,8-11H2,1H3. The van der Waals surface area contributed by atoms with Crippen LogP contribution < -0.4 is 5.32 Å². The van der Waals surface area contributed by atoms with Gasteiger partial charge in [-0.1, -0.05) is 37.3 Å².